The minimum atomic E-state index is -0.791. The first-order chi connectivity index (χ1) is 18.9. The molecule has 0 unspecified atom stereocenters. The van der Waals surface area contributed by atoms with E-state index in [1.54, 1.807) is 6.21 Å². The van der Waals surface area contributed by atoms with Crippen LogP contribution in [-0.2, 0) is 30.5 Å². The number of hydrogen-bond acceptors (Lipinski definition) is 6. The van der Waals surface area contributed by atoms with Crippen molar-refractivity contribution in [3.8, 4) is 0 Å². The van der Waals surface area contributed by atoms with Gasteiger partial charge in [-0.25, -0.2) is 5.43 Å². The zero-order valence-electron chi connectivity index (χ0n) is 22.7. The quantitative estimate of drug-likeness (QED) is 0.136. The molecule has 9 nitrogen and oxygen atoms in total. The number of carboxylic acid groups (broad SMARTS) is 1. The van der Waals surface area contributed by atoms with Crippen molar-refractivity contribution in [2.75, 3.05) is 0 Å². The number of rotatable bonds is 11. The van der Waals surface area contributed by atoms with Gasteiger partial charge in [-0.1, -0.05) is 55.7 Å². The molecule has 1 heterocycles. The summed E-state index contributed by atoms with van der Waals surface area (Å²) in [5, 5.41) is 12.7. The number of amides is 2. The summed E-state index contributed by atoms with van der Waals surface area (Å²) < 4.78 is 5.84. The van der Waals surface area contributed by atoms with Gasteiger partial charge in [0.25, 0.3) is 0 Å². The Morgan fingerprint density at radius 1 is 0.974 bits per heavy atom. The van der Waals surface area contributed by atoms with E-state index < -0.39 is 5.97 Å². The standard InChI is InChI=1S/C30H41N3O6/c34-27(13-5-1-3-7-15-29(36)37)32-31-21-23-17-19-24(20-18-23)22-33-25-11-9-10-12-26(25)39-30(38)16-8-4-2-6-14-28(33)35/h2,4,17-21,25-26H,1,3,5-16,22H2,(H,32,34)(H,36,37)/b4-2+,31-21+/t25-,26-/m1/s1. The second kappa shape index (κ2) is 16.5. The fourth-order valence-corrected chi connectivity index (χ4v) is 5.03. The fourth-order valence-electron chi connectivity index (χ4n) is 5.03. The average Bonchev–Trinajstić information content (AvgIpc) is 2.91. The summed E-state index contributed by atoms with van der Waals surface area (Å²) in [6.07, 6.45) is 14.4. The average molecular weight is 540 g/mol. The number of ether oxygens (including phenoxy) is 1. The number of carboxylic acids is 1. The van der Waals surface area contributed by atoms with E-state index in [4.69, 9.17) is 9.84 Å². The number of benzene rings is 1. The Morgan fingerprint density at radius 3 is 2.41 bits per heavy atom. The molecule has 1 fully saturated rings. The van der Waals surface area contributed by atoms with Crippen molar-refractivity contribution in [1.82, 2.24) is 10.3 Å². The van der Waals surface area contributed by atoms with Crippen LogP contribution in [0.3, 0.4) is 0 Å². The predicted molar refractivity (Wildman–Crippen MR) is 148 cm³/mol. The number of unbranched alkanes of at least 4 members (excludes halogenated alkanes) is 3. The molecule has 1 aromatic carbocycles. The summed E-state index contributed by atoms with van der Waals surface area (Å²) in [7, 11) is 0. The lowest BCUT2D eigenvalue weighted by molar-refractivity contribution is -0.159. The molecule has 2 aliphatic rings. The van der Waals surface area contributed by atoms with Crippen LogP contribution in [0.1, 0.15) is 101 Å². The lowest BCUT2D eigenvalue weighted by Gasteiger charge is -2.39. The molecule has 0 aromatic heterocycles. The fraction of sp³-hybridized carbons (Fsp3) is 0.567. The van der Waals surface area contributed by atoms with Crippen molar-refractivity contribution in [2.45, 2.75) is 109 Å². The maximum absolute atomic E-state index is 13.3. The van der Waals surface area contributed by atoms with Crippen molar-refractivity contribution in [2.24, 2.45) is 5.10 Å². The first kappa shape index (κ1) is 30.1. The maximum Gasteiger partial charge on any atom is 0.306 e. The number of esters is 1. The van der Waals surface area contributed by atoms with Gasteiger partial charge in [0.15, 0.2) is 0 Å². The van der Waals surface area contributed by atoms with Crippen LogP contribution in [0.2, 0.25) is 0 Å². The molecule has 1 saturated carbocycles. The number of carbonyl (C=O) groups is 4. The van der Waals surface area contributed by atoms with Crippen LogP contribution in [0.25, 0.3) is 0 Å². The summed E-state index contributed by atoms with van der Waals surface area (Å²) in [4.78, 5) is 50.0. The van der Waals surface area contributed by atoms with E-state index in [2.05, 4.69) is 10.5 Å². The molecule has 9 heteroatoms. The molecule has 1 aliphatic carbocycles. The third kappa shape index (κ3) is 11.0. The molecule has 3 rings (SSSR count). The summed E-state index contributed by atoms with van der Waals surface area (Å²) in [5.74, 6) is -1.09. The zero-order valence-corrected chi connectivity index (χ0v) is 22.7. The SMILES string of the molecule is O=C(O)CCCCCCC(=O)N/N=C/c1ccc(CN2C(=O)CC/C=C/CCC(=O)O[C@@H]3CCCC[C@H]32)cc1. The van der Waals surface area contributed by atoms with E-state index in [0.717, 1.165) is 49.7 Å². The molecule has 0 bridgehead atoms. The highest BCUT2D eigenvalue weighted by molar-refractivity contribution is 5.82. The molecular formula is C30H41N3O6. The van der Waals surface area contributed by atoms with Crippen molar-refractivity contribution < 1.29 is 29.0 Å². The smallest absolute Gasteiger partial charge is 0.306 e. The van der Waals surface area contributed by atoms with E-state index in [9.17, 15) is 19.2 Å². The van der Waals surface area contributed by atoms with E-state index in [-0.39, 0.29) is 36.4 Å². The normalized spacial score (nSPS) is 21.4. The highest BCUT2D eigenvalue weighted by Crippen LogP contribution is 2.28. The summed E-state index contributed by atoms with van der Waals surface area (Å²) in [6, 6.07) is 7.58. The van der Waals surface area contributed by atoms with Crippen LogP contribution in [-0.4, -0.2) is 52.1 Å². The number of hydrazone groups is 1. The Balaban J connectivity index is 1.54. The van der Waals surface area contributed by atoms with Gasteiger partial charge in [0.05, 0.1) is 12.3 Å². The highest BCUT2D eigenvalue weighted by Gasteiger charge is 2.35. The van der Waals surface area contributed by atoms with Gasteiger partial charge in [0.1, 0.15) is 6.10 Å². The van der Waals surface area contributed by atoms with Gasteiger partial charge in [-0.15, -0.1) is 0 Å². The monoisotopic (exact) mass is 539 g/mol. The number of allylic oxidation sites excluding steroid dienone is 2. The van der Waals surface area contributed by atoms with Crippen LogP contribution in [0.15, 0.2) is 41.5 Å². The Morgan fingerprint density at radius 2 is 1.67 bits per heavy atom. The third-order valence-corrected chi connectivity index (χ3v) is 7.16. The van der Waals surface area contributed by atoms with Crippen molar-refractivity contribution >= 4 is 30.0 Å². The summed E-state index contributed by atoms with van der Waals surface area (Å²) >= 11 is 0. The van der Waals surface area contributed by atoms with Crippen LogP contribution in [0.4, 0.5) is 0 Å². The Labute approximate surface area is 230 Å². The third-order valence-electron chi connectivity index (χ3n) is 7.16. The molecule has 212 valence electrons. The molecule has 1 aliphatic heterocycles. The number of carbonyl (C=O) groups excluding carboxylic acids is 3. The Hall–Kier alpha value is -3.49. The van der Waals surface area contributed by atoms with Crippen molar-refractivity contribution in [3.05, 3.63) is 47.5 Å². The largest absolute Gasteiger partial charge is 0.481 e. The van der Waals surface area contributed by atoms with E-state index >= 15 is 0 Å². The van der Waals surface area contributed by atoms with Gasteiger partial charge in [-0.3, -0.25) is 19.2 Å². The number of hydrogen-bond donors (Lipinski definition) is 2. The Bertz CT molecular complexity index is 1020. The van der Waals surface area contributed by atoms with Crippen molar-refractivity contribution in [3.63, 3.8) is 0 Å². The van der Waals surface area contributed by atoms with E-state index in [1.165, 1.54) is 0 Å². The van der Waals surface area contributed by atoms with E-state index in [1.807, 2.05) is 41.3 Å². The molecule has 2 amide bonds. The highest BCUT2D eigenvalue weighted by atomic mass is 16.5. The summed E-state index contributed by atoms with van der Waals surface area (Å²) in [6.45, 7) is 0.446. The molecule has 2 N–H and O–H groups in total. The topological polar surface area (TPSA) is 125 Å². The first-order valence-electron chi connectivity index (χ1n) is 14.2. The van der Waals surface area contributed by atoms with Crippen LogP contribution >= 0.6 is 0 Å². The van der Waals surface area contributed by atoms with Gasteiger partial charge >= 0.3 is 11.9 Å². The van der Waals surface area contributed by atoms with Gasteiger partial charge in [0, 0.05) is 32.2 Å². The first-order valence-corrected chi connectivity index (χ1v) is 14.2. The second-order valence-corrected chi connectivity index (χ2v) is 10.3. The number of aliphatic carboxylic acids is 1. The van der Waals surface area contributed by atoms with Crippen LogP contribution in [0.5, 0.6) is 0 Å². The minimum Gasteiger partial charge on any atom is -0.481 e. The molecule has 0 radical (unpaired) electrons. The predicted octanol–water partition coefficient (Wildman–Crippen LogP) is 4.88. The maximum atomic E-state index is 13.3. The minimum absolute atomic E-state index is 0.0726. The number of nitrogens with one attached hydrogen (secondary N) is 1. The summed E-state index contributed by atoms with van der Waals surface area (Å²) in [5.41, 5.74) is 4.33. The van der Waals surface area contributed by atoms with Crippen LogP contribution < -0.4 is 5.43 Å². The molecular weight excluding hydrogens is 498 g/mol. The van der Waals surface area contributed by atoms with Gasteiger partial charge in [-0.2, -0.15) is 5.10 Å². The van der Waals surface area contributed by atoms with E-state index in [0.29, 0.717) is 51.5 Å². The van der Waals surface area contributed by atoms with Crippen LogP contribution in [0, 0.1) is 0 Å². The molecule has 39 heavy (non-hydrogen) atoms. The lowest BCUT2D eigenvalue weighted by atomic mass is 9.90. The number of nitrogens with zero attached hydrogens (tertiary/aromatic N) is 2. The van der Waals surface area contributed by atoms with Gasteiger partial charge in [0.2, 0.25) is 11.8 Å². The van der Waals surface area contributed by atoms with Crippen molar-refractivity contribution in [1.29, 1.82) is 0 Å². The number of fused-ring (bicyclic) bond motifs is 1. The molecule has 1 aromatic rings. The van der Waals surface area contributed by atoms with Gasteiger partial charge in [-0.05, 0) is 56.1 Å². The lowest BCUT2D eigenvalue weighted by Crippen LogP contribution is -2.49. The van der Waals surface area contributed by atoms with Gasteiger partial charge < -0.3 is 14.7 Å². The second-order valence-electron chi connectivity index (χ2n) is 10.3. The molecule has 0 saturated heterocycles. The molecule has 2 atom stereocenters. The Kier molecular flexibility index (Phi) is 12.7. The molecule has 0 spiro atoms. The zero-order chi connectivity index (χ0) is 27.9.